The highest BCUT2D eigenvalue weighted by Crippen LogP contribution is 2.20. The van der Waals surface area contributed by atoms with E-state index in [1.165, 1.54) is 4.31 Å². The maximum atomic E-state index is 12.8. The summed E-state index contributed by atoms with van der Waals surface area (Å²) in [6, 6.07) is 14.0. The lowest BCUT2D eigenvalue weighted by Crippen LogP contribution is -2.53. The molecule has 1 heterocycles. The molecule has 0 saturated carbocycles. The Kier molecular flexibility index (Phi) is 6.54. The number of anilines is 1. The van der Waals surface area contributed by atoms with Crippen molar-refractivity contribution in [2.45, 2.75) is 24.8 Å². The number of amides is 1. The number of hydrogen-bond acceptors (Lipinski definition) is 4. The zero-order valence-electron chi connectivity index (χ0n) is 15.9. The van der Waals surface area contributed by atoms with Crippen LogP contribution < -0.4 is 5.32 Å². The summed E-state index contributed by atoms with van der Waals surface area (Å²) < 4.78 is 28.0. The number of rotatable bonds is 5. The molecular weight excluding hydrogens is 442 g/mol. The third kappa shape index (κ3) is 4.81. The summed E-state index contributed by atoms with van der Waals surface area (Å²) in [6.07, 6.45) is 0. The summed E-state index contributed by atoms with van der Waals surface area (Å²) in [4.78, 5) is 14.9. The largest absolute Gasteiger partial charge is 0.325 e. The minimum Gasteiger partial charge on any atom is -0.325 e. The van der Waals surface area contributed by atoms with Crippen LogP contribution in [-0.2, 0) is 14.8 Å². The summed E-state index contributed by atoms with van der Waals surface area (Å²) in [5.41, 5.74) is 1.75. The maximum Gasteiger partial charge on any atom is 0.243 e. The number of carbonyl (C=O) groups is 1. The van der Waals surface area contributed by atoms with E-state index < -0.39 is 10.0 Å². The lowest BCUT2D eigenvalue weighted by molar-refractivity contribution is -0.121. The maximum absolute atomic E-state index is 12.8. The minimum atomic E-state index is -3.50. The third-order valence-electron chi connectivity index (χ3n) is 4.95. The van der Waals surface area contributed by atoms with Crippen LogP contribution in [0.1, 0.15) is 12.5 Å². The predicted octanol–water partition coefficient (Wildman–Crippen LogP) is 3.09. The van der Waals surface area contributed by atoms with E-state index in [1.807, 2.05) is 43.0 Å². The summed E-state index contributed by atoms with van der Waals surface area (Å²) in [5, 5.41) is 2.91. The lowest BCUT2D eigenvalue weighted by atomic mass is 10.2. The molecule has 1 aliphatic heterocycles. The SMILES string of the molecule is Cc1ccc(S(=O)(=O)N2CCN(C(C)C(=O)Nc3cccc(Br)c3)CC2)cc1. The van der Waals surface area contributed by atoms with Crippen LogP contribution in [-0.4, -0.2) is 55.8 Å². The third-order valence-corrected chi connectivity index (χ3v) is 7.36. The van der Waals surface area contributed by atoms with Gasteiger partial charge in [-0.1, -0.05) is 39.7 Å². The van der Waals surface area contributed by atoms with Gasteiger partial charge in [-0.3, -0.25) is 9.69 Å². The molecule has 1 aliphatic rings. The van der Waals surface area contributed by atoms with Crippen molar-refractivity contribution in [1.82, 2.24) is 9.21 Å². The zero-order valence-corrected chi connectivity index (χ0v) is 18.3. The summed E-state index contributed by atoms with van der Waals surface area (Å²) in [6.45, 7) is 5.53. The van der Waals surface area contributed by atoms with Crippen molar-refractivity contribution in [2.75, 3.05) is 31.5 Å². The molecule has 2 aromatic carbocycles. The van der Waals surface area contributed by atoms with Gasteiger partial charge in [0.05, 0.1) is 10.9 Å². The number of nitrogens with zero attached hydrogens (tertiary/aromatic N) is 2. The van der Waals surface area contributed by atoms with E-state index in [2.05, 4.69) is 21.2 Å². The average molecular weight is 466 g/mol. The quantitative estimate of drug-likeness (QED) is 0.736. The van der Waals surface area contributed by atoms with Gasteiger partial charge in [-0.15, -0.1) is 0 Å². The fourth-order valence-electron chi connectivity index (χ4n) is 3.17. The van der Waals surface area contributed by atoms with Gasteiger partial charge in [0, 0.05) is 36.3 Å². The van der Waals surface area contributed by atoms with Crippen molar-refractivity contribution in [3.63, 3.8) is 0 Å². The Bertz CT molecular complexity index is 939. The van der Waals surface area contributed by atoms with Gasteiger partial charge in [0.1, 0.15) is 0 Å². The number of nitrogens with one attached hydrogen (secondary N) is 1. The second kappa shape index (κ2) is 8.73. The smallest absolute Gasteiger partial charge is 0.243 e. The van der Waals surface area contributed by atoms with E-state index in [4.69, 9.17) is 0 Å². The molecule has 1 N–H and O–H groups in total. The van der Waals surface area contributed by atoms with Crippen LogP contribution in [0.25, 0.3) is 0 Å². The van der Waals surface area contributed by atoms with Crippen LogP contribution in [0.4, 0.5) is 5.69 Å². The molecule has 150 valence electrons. The van der Waals surface area contributed by atoms with Gasteiger partial charge < -0.3 is 5.32 Å². The van der Waals surface area contributed by atoms with E-state index >= 15 is 0 Å². The van der Waals surface area contributed by atoms with Crippen LogP contribution in [0.2, 0.25) is 0 Å². The van der Waals surface area contributed by atoms with Crippen LogP contribution >= 0.6 is 15.9 Å². The molecule has 1 amide bonds. The van der Waals surface area contributed by atoms with Crippen molar-refractivity contribution in [2.24, 2.45) is 0 Å². The number of aryl methyl sites for hydroxylation is 1. The molecule has 6 nitrogen and oxygen atoms in total. The van der Waals surface area contributed by atoms with Gasteiger partial charge in [-0.05, 0) is 44.2 Å². The van der Waals surface area contributed by atoms with Crippen molar-refractivity contribution < 1.29 is 13.2 Å². The van der Waals surface area contributed by atoms with E-state index in [0.717, 1.165) is 15.7 Å². The molecule has 1 unspecified atom stereocenters. The Morgan fingerprint density at radius 2 is 1.71 bits per heavy atom. The van der Waals surface area contributed by atoms with E-state index in [9.17, 15) is 13.2 Å². The molecule has 0 aromatic heterocycles. The number of halogens is 1. The van der Waals surface area contributed by atoms with Crippen LogP contribution in [0.3, 0.4) is 0 Å². The fourth-order valence-corrected chi connectivity index (χ4v) is 4.99. The molecule has 1 fully saturated rings. The molecule has 1 saturated heterocycles. The van der Waals surface area contributed by atoms with Gasteiger partial charge in [0.2, 0.25) is 15.9 Å². The predicted molar refractivity (Wildman–Crippen MR) is 114 cm³/mol. The van der Waals surface area contributed by atoms with Crippen molar-refractivity contribution >= 4 is 37.5 Å². The van der Waals surface area contributed by atoms with Gasteiger partial charge >= 0.3 is 0 Å². The van der Waals surface area contributed by atoms with Crippen LogP contribution in [0.5, 0.6) is 0 Å². The first kappa shape index (κ1) is 21.0. The summed E-state index contributed by atoms with van der Waals surface area (Å²) in [7, 11) is -3.50. The standard InChI is InChI=1S/C20H24BrN3O3S/c1-15-6-8-19(9-7-15)28(26,27)24-12-10-23(11-13-24)16(2)20(25)22-18-5-3-4-17(21)14-18/h3-9,14,16H,10-13H2,1-2H3,(H,22,25). The molecule has 0 spiro atoms. The Hall–Kier alpha value is -1.74. The number of sulfonamides is 1. The molecular formula is C20H24BrN3O3S. The highest BCUT2D eigenvalue weighted by Gasteiger charge is 2.31. The number of carbonyl (C=O) groups excluding carboxylic acids is 1. The molecule has 28 heavy (non-hydrogen) atoms. The Balaban J connectivity index is 1.59. The first-order valence-electron chi connectivity index (χ1n) is 9.15. The van der Waals surface area contributed by atoms with Gasteiger partial charge in [0.25, 0.3) is 0 Å². The molecule has 1 atom stereocenters. The zero-order chi connectivity index (χ0) is 20.3. The van der Waals surface area contributed by atoms with Gasteiger partial charge in [-0.25, -0.2) is 8.42 Å². The first-order valence-corrected chi connectivity index (χ1v) is 11.4. The van der Waals surface area contributed by atoms with Crippen LogP contribution in [0.15, 0.2) is 57.9 Å². The van der Waals surface area contributed by atoms with E-state index in [-0.39, 0.29) is 11.9 Å². The number of benzene rings is 2. The second-order valence-corrected chi connectivity index (χ2v) is 9.78. The monoisotopic (exact) mass is 465 g/mol. The van der Waals surface area contributed by atoms with Crippen molar-refractivity contribution in [3.05, 3.63) is 58.6 Å². The fraction of sp³-hybridized carbons (Fsp3) is 0.350. The minimum absolute atomic E-state index is 0.104. The van der Waals surface area contributed by atoms with Crippen LogP contribution in [0, 0.1) is 6.92 Å². The van der Waals surface area contributed by atoms with E-state index in [1.54, 1.807) is 24.3 Å². The topological polar surface area (TPSA) is 69.7 Å². The molecule has 0 radical (unpaired) electrons. The molecule has 3 rings (SSSR count). The molecule has 0 aliphatic carbocycles. The highest BCUT2D eigenvalue weighted by molar-refractivity contribution is 9.10. The first-order chi connectivity index (χ1) is 13.3. The second-order valence-electron chi connectivity index (χ2n) is 6.93. The molecule has 2 aromatic rings. The van der Waals surface area contributed by atoms with Crippen molar-refractivity contribution in [3.8, 4) is 0 Å². The summed E-state index contributed by atoms with van der Waals surface area (Å²) in [5.74, 6) is -0.104. The normalized spacial score (nSPS) is 17.2. The lowest BCUT2D eigenvalue weighted by Gasteiger charge is -2.36. The van der Waals surface area contributed by atoms with E-state index in [0.29, 0.717) is 31.1 Å². The Labute approximate surface area is 174 Å². The van der Waals surface area contributed by atoms with Crippen molar-refractivity contribution in [1.29, 1.82) is 0 Å². The summed E-state index contributed by atoms with van der Waals surface area (Å²) >= 11 is 3.39. The average Bonchev–Trinajstić information content (AvgIpc) is 2.68. The Morgan fingerprint density at radius 3 is 2.32 bits per heavy atom. The number of hydrogen-bond donors (Lipinski definition) is 1. The van der Waals surface area contributed by atoms with Gasteiger partial charge in [-0.2, -0.15) is 4.31 Å². The number of piperazine rings is 1. The highest BCUT2D eigenvalue weighted by atomic mass is 79.9. The Morgan fingerprint density at radius 1 is 1.07 bits per heavy atom. The molecule has 8 heteroatoms. The molecule has 0 bridgehead atoms. The van der Waals surface area contributed by atoms with Gasteiger partial charge in [0.15, 0.2) is 0 Å².